The molecule has 0 saturated heterocycles. The summed E-state index contributed by atoms with van der Waals surface area (Å²) in [5.74, 6) is -0.880. The van der Waals surface area contributed by atoms with Gasteiger partial charge < -0.3 is 5.11 Å². The fourth-order valence-corrected chi connectivity index (χ4v) is 1.84. The number of aromatic amines is 1. The van der Waals surface area contributed by atoms with E-state index >= 15 is 0 Å². The Balaban J connectivity index is 2.45. The van der Waals surface area contributed by atoms with Crippen LogP contribution in [0.25, 0.3) is 0 Å². The first-order valence-corrected chi connectivity index (χ1v) is 5.94. The lowest BCUT2D eigenvalue weighted by Crippen LogP contribution is -2.02. The molecule has 0 aliphatic heterocycles. The molecular weight excluding hydrogens is 204 g/mol. The van der Waals surface area contributed by atoms with Crippen molar-refractivity contribution in [3.05, 3.63) is 17.0 Å². The topological polar surface area (TPSA) is 66.0 Å². The van der Waals surface area contributed by atoms with E-state index in [0.717, 1.165) is 19.3 Å². The van der Waals surface area contributed by atoms with Gasteiger partial charge in [0.15, 0.2) is 0 Å². The predicted molar refractivity (Wildman–Crippen MR) is 62.7 cm³/mol. The summed E-state index contributed by atoms with van der Waals surface area (Å²) in [5.41, 5.74) is 1.70. The molecule has 0 aliphatic rings. The third kappa shape index (κ3) is 3.36. The number of nitrogens with one attached hydrogen (secondary N) is 1. The molecule has 0 unspecified atom stereocenters. The monoisotopic (exact) mass is 224 g/mol. The van der Waals surface area contributed by atoms with Crippen LogP contribution in [-0.2, 0) is 6.42 Å². The van der Waals surface area contributed by atoms with E-state index in [4.69, 9.17) is 5.11 Å². The van der Waals surface area contributed by atoms with E-state index < -0.39 is 5.97 Å². The summed E-state index contributed by atoms with van der Waals surface area (Å²) in [4.78, 5) is 11.0. The number of carboxylic acids is 1. The Hall–Kier alpha value is -1.32. The second-order valence-electron chi connectivity index (χ2n) is 4.14. The molecule has 0 atom stereocenters. The van der Waals surface area contributed by atoms with Crippen LogP contribution in [0.15, 0.2) is 0 Å². The number of nitrogens with zero attached hydrogens (tertiary/aromatic N) is 1. The normalized spacial score (nSPS) is 10.6. The van der Waals surface area contributed by atoms with Gasteiger partial charge in [-0.3, -0.25) is 5.10 Å². The van der Waals surface area contributed by atoms with Crippen molar-refractivity contribution in [3.8, 4) is 0 Å². The number of hydrogen-bond acceptors (Lipinski definition) is 2. The number of unbranched alkanes of at least 4 members (excludes halogenated alkanes) is 4. The Morgan fingerprint density at radius 3 is 2.62 bits per heavy atom. The Morgan fingerprint density at radius 1 is 1.31 bits per heavy atom. The maximum Gasteiger partial charge on any atom is 0.339 e. The summed E-state index contributed by atoms with van der Waals surface area (Å²) in [6.45, 7) is 3.93. The molecule has 4 heteroatoms. The second-order valence-corrected chi connectivity index (χ2v) is 4.14. The molecule has 1 aromatic rings. The molecule has 0 spiro atoms. The maximum atomic E-state index is 11.0. The van der Waals surface area contributed by atoms with Crippen molar-refractivity contribution >= 4 is 5.97 Å². The van der Waals surface area contributed by atoms with Crippen LogP contribution in [0.4, 0.5) is 0 Å². The fraction of sp³-hybridized carbons (Fsp3) is 0.667. The molecule has 0 aliphatic carbocycles. The molecule has 1 heterocycles. The highest BCUT2D eigenvalue weighted by molar-refractivity contribution is 5.90. The van der Waals surface area contributed by atoms with Crippen LogP contribution < -0.4 is 0 Å². The van der Waals surface area contributed by atoms with E-state index in [1.165, 1.54) is 19.3 Å². The van der Waals surface area contributed by atoms with E-state index in [-0.39, 0.29) is 0 Å². The van der Waals surface area contributed by atoms with Crippen LogP contribution in [0.2, 0.25) is 0 Å². The first kappa shape index (κ1) is 12.7. The minimum atomic E-state index is -0.880. The van der Waals surface area contributed by atoms with Gasteiger partial charge in [0, 0.05) is 5.69 Å². The van der Waals surface area contributed by atoms with Gasteiger partial charge in [0.1, 0.15) is 5.56 Å². The van der Waals surface area contributed by atoms with Crippen LogP contribution in [0.3, 0.4) is 0 Å². The zero-order chi connectivity index (χ0) is 12.0. The van der Waals surface area contributed by atoms with Crippen LogP contribution in [0.1, 0.15) is 60.8 Å². The number of carbonyl (C=O) groups is 1. The molecule has 90 valence electrons. The largest absolute Gasteiger partial charge is 0.478 e. The SMILES string of the molecule is CCCCCCCc1n[nH]c(C)c1C(=O)O. The van der Waals surface area contributed by atoms with Crippen molar-refractivity contribution in [2.75, 3.05) is 0 Å². The van der Waals surface area contributed by atoms with Crippen molar-refractivity contribution in [2.45, 2.75) is 52.4 Å². The number of aromatic carboxylic acids is 1. The standard InChI is InChI=1S/C12H20N2O2/c1-3-4-5-6-7-8-10-11(12(15)16)9(2)13-14-10/h3-8H2,1-2H3,(H,13,14)(H,15,16). The van der Waals surface area contributed by atoms with Crippen molar-refractivity contribution in [2.24, 2.45) is 0 Å². The molecule has 4 nitrogen and oxygen atoms in total. The molecule has 1 rings (SSSR count). The fourth-order valence-electron chi connectivity index (χ4n) is 1.84. The maximum absolute atomic E-state index is 11.0. The summed E-state index contributed by atoms with van der Waals surface area (Å²) in [6.07, 6.45) is 6.63. The lowest BCUT2D eigenvalue weighted by atomic mass is 10.1. The molecule has 0 amide bonds. The number of hydrogen-bond donors (Lipinski definition) is 2. The summed E-state index contributed by atoms with van der Waals surface area (Å²) in [7, 11) is 0. The van der Waals surface area contributed by atoms with Crippen LogP contribution in [0, 0.1) is 6.92 Å². The van der Waals surface area contributed by atoms with E-state index in [0.29, 0.717) is 17.0 Å². The third-order valence-corrected chi connectivity index (χ3v) is 2.75. The first-order chi connectivity index (χ1) is 7.66. The van der Waals surface area contributed by atoms with Crippen molar-refractivity contribution in [1.29, 1.82) is 0 Å². The molecule has 0 aromatic carbocycles. The molecule has 0 saturated carbocycles. The second kappa shape index (κ2) is 6.30. The van der Waals surface area contributed by atoms with Crippen molar-refractivity contribution in [3.63, 3.8) is 0 Å². The van der Waals surface area contributed by atoms with Gasteiger partial charge in [0.05, 0.1) is 5.69 Å². The van der Waals surface area contributed by atoms with Gasteiger partial charge in [-0.2, -0.15) is 5.10 Å². The highest BCUT2D eigenvalue weighted by Crippen LogP contribution is 2.14. The molecule has 2 N–H and O–H groups in total. The quantitative estimate of drug-likeness (QED) is 0.700. The Bertz CT molecular complexity index is 345. The van der Waals surface area contributed by atoms with Gasteiger partial charge in [-0.25, -0.2) is 4.79 Å². The number of aromatic nitrogens is 2. The zero-order valence-corrected chi connectivity index (χ0v) is 10.0. The van der Waals surface area contributed by atoms with E-state index in [2.05, 4.69) is 17.1 Å². The molecule has 0 fully saturated rings. The van der Waals surface area contributed by atoms with Crippen LogP contribution in [-0.4, -0.2) is 21.3 Å². The zero-order valence-electron chi connectivity index (χ0n) is 10.0. The molecule has 0 radical (unpaired) electrons. The summed E-state index contributed by atoms with van der Waals surface area (Å²) >= 11 is 0. The summed E-state index contributed by atoms with van der Waals surface area (Å²) < 4.78 is 0. The summed E-state index contributed by atoms with van der Waals surface area (Å²) in [6, 6.07) is 0. The van der Waals surface area contributed by atoms with Gasteiger partial charge in [-0.05, 0) is 19.8 Å². The number of H-pyrrole nitrogens is 1. The highest BCUT2D eigenvalue weighted by Gasteiger charge is 2.16. The first-order valence-electron chi connectivity index (χ1n) is 5.94. The molecule has 0 bridgehead atoms. The summed E-state index contributed by atoms with van der Waals surface area (Å²) in [5, 5.41) is 15.8. The Kier molecular flexibility index (Phi) is 5.02. The average molecular weight is 224 g/mol. The van der Waals surface area contributed by atoms with Gasteiger partial charge in [-0.15, -0.1) is 0 Å². The Morgan fingerprint density at radius 2 is 2.00 bits per heavy atom. The van der Waals surface area contributed by atoms with Crippen molar-refractivity contribution in [1.82, 2.24) is 10.2 Å². The van der Waals surface area contributed by atoms with E-state index in [1.54, 1.807) is 6.92 Å². The van der Waals surface area contributed by atoms with Gasteiger partial charge in [0.2, 0.25) is 0 Å². The van der Waals surface area contributed by atoms with E-state index in [1.807, 2.05) is 0 Å². The highest BCUT2D eigenvalue weighted by atomic mass is 16.4. The minimum Gasteiger partial charge on any atom is -0.478 e. The lowest BCUT2D eigenvalue weighted by Gasteiger charge is -2.00. The smallest absolute Gasteiger partial charge is 0.339 e. The average Bonchev–Trinajstić information content (AvgIpc) is 2.59. The molecular formula is C12H20N2O2. The van der Waals surface area contributed by atoms with Gasteiger partial charge >= 0.3 is 5.97 Å². The third-order valence-electron chi connectivity index (χ3n) is 2.75. The van der Waals surface area contributed by atoms with Crippen LogP contribution >= 0.6 is 0 Å². The number of aryl methyl sites for hydroxylation is 2. The number of rotatable bonds is 7. The minimum absolute atomic E-state index is 0.357. The predicted octanol–water partition coefficient (Wildman–Crippen LogP) is 2.93. The van der Waals surface area contributed by atoms with Crippen LogP contribution in [0.5, 0.6) is 0 Å². The molecule has 1 aromatic heterocycles. The lowest BCUT2D eigenvalue weighted by molar-refractivity contribution is 0.0695. The number of carboxylic acid groups (broad SMARTS) is 1. The van der Waals surface area contributed by atoms with E-state index in [9.17, 15) is 4.79 Å². The van der Waals surface area contributed by atoms with Gasteiger partial charge in [-0.1, -0.05) is 32.6 Å². The molecule has 16 heavy (non-hydrogen) atoms. The van der Waals surface area contributed by atoms with Crippen molar-refractivity contribution < 1.29 is 9.90 Å². The van der Waals surface area contributed by atoms with Gasteiger partial charge in [0.25, 0.3) is 0 Å². The Labute approximate surface area is 96.1 Å².